The first kappa shape index (κ1) is 15.1. The molecular formula is C14H16BrCl2NO. The zero-order valence-electron chi connectivity index (χ0n) is 10.5. The second kappa shape index (κ2) is 6.47. The van der Waals surface area contributed by atoms with E-state index in [9.17, 15) is 4.79 Å². The van der Waals surface area contributed by atoms with Crippen LogP contribution >= 0.6 is 39.1 Å². The number of nitrogens with one attached hydrogen (secondary N) is 1. The Labute approximate surface area is 132 Å². The molecule has 0 heterocycles. The maximum absolute atomic E-state index is 11.9. The van der Waals surface area contributed by atoms with Crippen molar-refractivity contribution in [2.45, 2.75) is 25.7 Å². The number of halogens is 3. The van der Waals surface area contributed by atoms with Gasteiger partial charge in [-0.3, -0.25) is 4.79 Å². The molecular weight excluding hydrogens is 349 g/mol. The Morgan fingerprint density at radius 2 is 2.05 bits per heavy atom. The zero-order valence-corrected chi connectivity index (χ0v) is 13.6. The van der Waals surface area contributed by atoms with E-state index in [1.165, 1.54) is 12.8 Å². The highest BCUT2D eigenvalue weighted by molar-refractivity contribution is 9.09. The van der Waals surface area contributed by atoms with Crippen LogP contribution in [-0.4, -0.2) is 17.8 Å². The van der Waals surface area contributed by atoms with E-state index >= 15 is 0 Å². The van der Waals surface area contributed by atoms with E-state index in [1.807, 2.05) is 6.07 Å². The van der Waals surface area contributed by atoms with E-state index in [4.69, 9.17) is 23.2 Å². The highest BCUT2D eigenvalue weighted by Gasteiger charge is 2.41. The summed E-state index contributed by atoms with van der Waals surface area (Å²) in [4.78, 5) is 11.9. The van der Waals surface area contributed by atoms with Crippen molar-refractivity contribution in [1.82, 2.24) is 5.32 Å². The van der Waals surface area contributed by atoms with Crippen molar-refractivity contribution >= 4 is 45.0 Å². The number of amides is 1. The van der Waals surface area contributed by atoms with Crippen LogP contribution in [0.2, 0.25) is 10.0 Å². The lowest BCUT2D eigenvalue weighted by Gasteiger charge is -2.14. The number of benzene rings is 1. The van der Waals surface area contributed by atoms with Crippen LogP contribution in [0.25, 0.3) is 0 Å². The average Bonchev–Trinajstić information content (AvgIpc) is 3.12. The summed E-state index contributed by atoms with van der Waals surface area (Å²) in [7, 11) is 0. The van der Waals surface area contributed by atoms with Crippen LogP contribution in [0.5, 0.6) is 0 Å². The average molecular weight is 365 g/mol. The monoisotopic (exact) mass is 363 g/mol. The fourth-order valence-electron chi connectivity index (χ4n) is 2.08. The van der Waals surface area contributed by atoms with Crippen LogP contribution in [0.4, 0.5) is 0 Å². The van der Waals surface area contributed by atoms with Gasteiger partial charge in [0.2, 0.25) is 5.91 Å². The lowest BCUT2D eigenvalue weighted by Crippen LogP contribution is -2.31. The molecule has 0 spiro atoms. The summed E-state index contributed by atoms with van der Waals surface area (Å²) in [5.74, 6) is 0.0410. The van der Waals surface area contributed by atoms with Gasteiger partial charge in [-0.25, -0.2) is 0 Å². The third-order valence-electron chi connectivity index (χ3n) is 3.59. The van der Waals surface area contributed by atoms with Gasteiger partial charge in [-0.1, -0.05) is 45.2 Å². The Bertz CT molecular complexity index is 475. The Balaban J connectivity index is 1.82. The number of carbonyl (C=O) groups is 1. The minimum absolute atomic E-state index is 0.0410. The van der Waals surface area contributed by atoms with E-state index in [0.717, 1.165) is 23.9 Å². The van der Waals surface area contributed by atoms with Crippen molar-refractivity contribution < 1.29 is 4.79 Å². The Morgan fingerprint density at radius 1 is 1.32 bits per heavy atom. The Hall–Kier alpha value is -0.250. The fraction of sp³-hybridized carbons (Fsp3) is 0.500. The maximum Gasteiger partial charge on any atom is 0.224 e. The highest BCUT2D eigenvalue weighted by Crippen LogP contribution is 2.48. The standard InChI is InChI=1S/C14H16BrCl2NO/c15-6-5-14(3-4-14)9-18-13(19)8-10-1-2-11(16)12(17)7-10/h1-2,7H,3-6,8-9H2,(H,18,19). The zero-order chi connectivity index (χ0) is 13.9. The molecule has 0 unspecified atom stereocenters. The van der Waals surface area contributed by atoms with Crippen LogP contribution in [0.1, 0.15) is 24.8 Å². The number of alkyl halides is 1. The van der Waals surface area contributed by atoms with Gasteiger partial charge in [0.1, 0.15) is 0 Å². The summed E-state index contributed by atoms with van der Waals surface area (Å²) in [6.45, 7) is 0.777. The van der Waals surface area contributed by atoms with Gasteiger partial charge in [0, 0.05) is 11.9 Å². The molecule has 5 heteroatoms. The van der Waals surface area contributed by atoms with Crippen molar-refractivity contribution in [3.05, 3.63) is 33.8 Å². The smallest absolute Gasteiger partial charge is 0.224 e. The van der Waals surface area contributed by atoms with Gasteiger partial charge in [0.25, 0.3) is 0 Å². The molecule has 104 valence electrons. The van der Waals surface area contributed by atoms with Crippen molar-refractivity contribution in [1.29, 1.82) is 0 Å². The summed E-state index contributed by atoms with van der Waals surface area (Å²) in [5, 5.41) is 5.02. The molecule has 1 fully saturated rings. The van der Waals surface area contributed by atoms with E-state index < -0.39 is 0 Å². The van der Waals surface area contributed by atoms with Crippen LogP contribution in [0.3, 0.4) is 0 Å². The van der Waals surface area contributed by atoms with Gasteiger partial charge in [-0.2, -0.15) is 0 Å². The number of hydrogen-bond donors (Lipinski definition) is 1. The van der Waals surface area contributed by atoms with Crippen molar-refractivity contribution in [3.8, 4) is 0 Å². The number of rotatable bonds is 6. The second-order valence-corrected chi connectivity index (χ2v) is 6.75. The van der Waals surface area contributed by atoms with Crippen LogP contribution in [0.15, 0.2) is 18.2 Å². The molecule has 0 aliphatic heterocycles. The maximum atomic E-state index is 11.9. The fourth-order valence-corrected chi connectivity index (χ4v) is 3.24. The Kier molecular flexibility index (Phi) is 5.15. The van der Waals surface area contributed by atoms with E-state index in [2.05, 4.69) is 21.2 Å². The lowest BCUT2D eigenvalue weighted by molar-refractivity contribution is -0.120. The summed E-state index contributed by atoms with van der Waals surface area (Å²) in [6, 6.07) is 5.30. The van der Waals surface area contributed by atoms with Gasteiger partial charge >= 0.3 is 0 Å². The quantitative estimate of drug-likeness (QED) is 0.752. The molecule has 19 heavy (non-hydrogen) atoms. The number of hydrogen-bond acceptors (Lipinski definition) is 1. The topological polar surface area (TPSA) is 29.1 Å². The van der Waals surface area contributed by atoms with Crippen LogP contribution in [0, 0.1) is 5.41 Å². The molecule has 0 bridgehead atoms. The van der Waals surface area contributed by atoms with E-state index in [1.54, 1.807) is 12.1 Å². The van der Waals surface area contributed by atoms with Gasteiger partial charge in [-0.05, 0) is 42.4 Å². The minimum atomic E-state index is 0.0410. The molecule has 2 rings (SSSR count). The SMILES string of the molecule is O=C(Cc1ccc(Cl)c(Cl)c1)NCC1(CCBr)CC1. The summed E-state index contributed by atoms with van der Waals surface area (Å²) in [5.41, 5.74) is 1.23. The largest absolute Gasteiger partial charge is 0.355 e. The molecule has 0 aromatic heterocycles. The van der Waals surface area contributed by atoms with Gasteiger partial charge in [-0.15, -0.1) is 0 Å². The minimum Gasteiger partial charge on any atom is -0.355 e. The molecule has 1 aliphatic carbocycles. The summed E-state index contributed by atoms with van der Waals surface area (Å²) in [6.07, 6.45) is 3.90. The molecule has 1 aromatic rings. The third kappa shape index (κ3) is 4.37. The van der Waals surface area contributed by atoms with Crippen molar-refractivity contribution in [2.24, 2.45) is 5.41 Å². The number of carbonyl (C=O) groups excluding carboxylic acids is 1. The molecule has 1 aromatic carbocycles. The van der Waals surface area contributed by atoms with Gasteiger partial charge < -0.3 is 5.32 Å². The highest BCUT2D eigenvalue weighted by atomic mass is 79.9. The Morgan fingerprint density at radius 3 is 2.63 bits per heavy atom. The first-order chi connectivity index (χ1) is 9.04. The first-order valence-corrected chi connectivity index (χ1v) is 8.19. The predicted molar refractivity (Wildman–Crippen MR) is 83.3 cm³/mol. The summed E-state index contributed by atoms with van der Waals surface area (Å²) < 4.78 is 0. The molecule has 0 saturated heterocycles. The van der Waals surface area contributed by atoms with Gasteiger partial charge in [0.05, 0.1) is 16.5 Å². The van der Waals surface area contributed by atoms with Crippen LogP contribution in [-0.2, 0) is 11.2 Å². The van der Waals surface area contributed by atoms with Crippen LogP contribution < -0.4 is 5.32 Å². The molecule has 0 radical (unpaired) electrons. The third-order valence-corrected chi connectivity index (χ3v) is 4.73. The molecule has 1 amide bonds. The van der Waals surface area contributed by atoms with E-state index in [-0.39, 0.29) is 5.91 Å². The molecule has 1 aliphatic rings. The molecule has 1 saturated carbocycles. The van der Waals surface area contributed by atoms with Crippen molar-refractivity contribution in [3.63, 3.8) is 0 Å². The molecule has 2 nitrogen and oxygen atoms in total. The summed E-state index contributed by atoms with van der Waals surface area (Å²) >= 11 is 15.2. The molecule has 0 atom stereocenters. The predicted octanol–water partition coefficient (Wildman–Crippen LogP) is 4.22. The molecule has 1 N–H and O–H groups in total. The normalized spacial score (nSPS) is 16.2. The van der Waals surface area contributed by atoms with Crippen molar-refractivity contribution in [2.75, 3.05) is 11.9 Å². The lowest BCUT2D eigenvalue weighted by atomic mass is 10.0. The second-order valence-electron chi connectivity index (χ2n) is 5.14. The first-order valence-electron chi connectivity index (χ1n) is 6.31. The van der Waals surface area contributed by atoms with Gasteiger partial charge in [0.15, 0.2) is 0 Å². The van der Waals surface area contributed by atoms with E-state index in [0.29, 0.717) is 21.9 Å².